The Labute approximate surface area is 142 Å². The van der Waals surface area contributed by atoms with E-state index in [-0.39, 0.29) is 5.91 Å². The molecule has 0 saturated carbocycles. The smallest absolute Gasteiger partial charge is 0.286 e. The van der Waals surface area contributed by atoms with Gasteiger partial charge in [-0.2, -0.15) is 10.1 Å². The molecule has 0 N–H and O–H groups in total. The van der Waals surface area contributed by atoms with Gasteiger partial charge in [0.2, 0.25) is 0 Å². The van der Waals surface area contributed by atoms with E-state index in [4.69, 9.17) is 21.4 Å². The summed E-state index contributed by atoms with van der Waals surface area (Å²) in [5.41, 5.74) is 0.811. The third kappa shape index (κ3) is 3.35. The summed E-state index contributed by atoms with van der Waals surface area (Å²) in [5.74, 6) is 0.971. The Morgan fingerprint density at radius 1 is 1.30 bits per heavy atom. The van der Waals surface area contributed by atoms with E-state index in [0.717, 1.165) is 5.56 Å². The molecule has 5 nitrogen and oxygen atoms in total. The van der Waals surface area contributed by atoms with Gasteiger partial charge in [-0.15, -0.1) is 0 Å². The van der Waals surface area contributed by atoms with Crippen molar-refractivity contribution in [3.8, 4) is 5.75 Å². The molecule has 1 fully saturated rings. The highest BCUT2D eigenvalue weighted by Crippen LogP contribution is 2.34. The van der Waals surface area contributed by atoms with Gasteiger partial charge in [-0.3, -0.25) is 4.79 Å². The van der Waals surface area contributed by atoms with Crippen LogP contribution in [-0.2, 0) is 4.79 Å². The Bertz CT molecular complexity index is 797. The van der Waals surface area contributed by atoms with Gasteiger partial charge in [0.05, 0.1) is 24.5 Å². The van der Waals surface area contributed by atoms with Gasteiger partial charge in [0.1, 0.15) is 11.5 Å². The Morgan fingerprint density at radius 2 is 2.13 bits per heavy atom. The molecule has 0 spiro atoms. The number of hydrogen-bond acceptors (Lipinski definition) is 6. The Balaban J connectivity index is 1.85. The van der Waals surface area contributed by atoms with Crippen LogP contribution in [0.5, 0.6) is 5.75 Å². The first kappa shape index (κ1) is 15.5. The molecule has 1 amide bonds. The third-order valence-corrected chi connectivity index (χ3v) is 4.33. The number of nitrogens with zero attached hydrogens (tertiary/aromatic N) is 2. The lowest BCUT2D eigenvalue weighted by molar-refractivity contribution is -0.122. The molecule has 2 heterocycles. The Kier molecular flexibility index (Phi) is 4.59. The van der Waals surface area contributed by atoms with Crippen LogP contribution in [0.2, 0.25) is 0 Å². The molecule has 1 aliphatic rings. The molecule has 0 radical (unpaired) electrons. The minimum absolute atomic E-state index is 0.270. The van der Waals surface area contributed by atoms with Crippen LogP contribution in [0.15, 0.2) is 57.1 Å². The number of rotatable bonds is 4. The number of carbonyl (C=O) groups excluding carboxylic acids is 1. The maximum Gasteiger partial charge on any atom is 0.286 e. The average molecular weight is 344 g/mol. The first-order valence-electron chi connectivity index (χ1n) is 6.67. The maximum absolute atomic E-state index is 12.4. The number of thiocarbonyl (C=S) groups is 1. The minimum Gasteiger partial charge on any atom is -0.496 e. The molecule has 116 valence electrons. The van der Waals surface area contributed by atoms with E-state index in [0.29, 0.717) is 20.7 Å². The molecule has 2 aromatic rings. The number of thioether (sulfide) groups is 1. The van der Waals surface area contributed by atoms with Gasteiger partial charge in [0, 0.05) is 5.56 Å². The number of furan rings is 1. The number of methoxy groups -OCH3 is 1. The number of para-hydroxylation sites is 1. The molecular weight excluding hydrogens is 332 g/mol. The second-order valence-corrected chi connectivity index (χ2v) is 6.17. The van der Waals surface area contributed by atoms with Gasteiger partial charge < -0.3 is 9.15 Å². The zero-order valence-corrected chi connectivity index (χ0v) is 13.8. The molecule has 1 aromatic carbocycles. The first-order valence-corrected chi connectivity index (χ1v) is 7.90. The normalized spacial score (nSPS) is 16.7. The highest BCUT2D eigenvalue weighted by molar-refractivity contribution is 8.26. The van der Waals surface area contributed by atoms with E-state index in [1.165, 1.54) is 29.2 Å². The summed E-state index contributed by atoms with van der Waals surface area (Å²) in [5, 5.41) is 5.28. The van der Waals surface area contributed by atoms with Gasteiger partial charge in [-0.1, -0.05) is 30.0 Å². The lowest BCUT2D eigenvalue weighted by atomic mass is 10.2. The van der Waals surface area contributed by atoms with Crippen LogP contribution < -0.4 is 4.74 Å². The maximum atomic E-state index is 12.4. The van der Waals surface area contributed by atoms with E-state index in [1.807, 2.05) is 24.3 Å². The fraction of sp³-hybridized carbons (Fsp3) is 0.0625. The zero-order valence-electron chi connectivity index (χ0n) is 12.1. The van der Waals surface area contributed by atoms with Gasteiger partial charge in [0.25, 0.3) is 5.91 Å². The van der Waals surface area contributed by atoms with Crippen molar-refractivity contribution >= 4 is 46.5 Å². The molecule has 0 unspecified atom stereocenters. The highest BCUT2D eigenvalue weighted by Gasteiger charge is 2.32. The monoisotopic (exact) mass is 344 g/mol. The van der Waals surface area contributed by atoms with Crippen LogP contribution in [0.25, 0.3) is 6.08 Å². The number of hydrazone groups is 1. The number of amides is 1. The number of benzene rings is 1. The second-order valence-electron chi connectivity index (χ2n) is 4.50. The fourth-order valence-electron chi connectivity index (χ4n) is 1.97. The molecule has 3 rings (SSSR count). The molecule has 0 atom stereocenters. The summed E-state index contributed by atoms with van der Waals surface area (Å²) in [4.78, 5) is 12.9. The largest absolute Gasteiger partial charge is 0.496 e. The van der Waals surface area contributed by atoms with Crippen LogP contribution >= 0.6 is 24.0 Å². The SMILES string of the molecule is COc1ccccc1C=C1SC(=S)N(N=Cc2ccco2)C1=O. The number of carbonyl (C=O) groups is 1. The van der Waals surface area contributed by atoms with Crippen molar-refractivity contribution in [3.63, 3.8) is 0 Å². The quantitative estimate of drug-likeness (QED) is 0.482. The standard InChI is InChI=1S/C16H12N2O3S2/c1-20-13-7-3-2-5-11(13)9-14-15(19)18(16(22)23-14)17-10-12-6-4-8-21-12/h2-10H,1H3. The fourth-order valence-corrected chi connectivity index (χ4v) is 3.13. The van der Waals surface area contributed by atoms with Crippen molar-refractivity contribution in [3.05, 3.63) is 58.9 Å². The van der Waals surface area contributed by atoms with Crippen LogP contribution in [0.4, 0.5) is 0 Å². The molecule has 0 bridgehead atoms. The number of ether oxygens (including phenoxy) is 1. The minimum atomic E-state index is -0.270. The predicted molar refractivity (Wildman–Crippen MR) is 94.3 cm³/mol. The summed E-state index contributed by atoms with van der Waals surface area (Å²) >= 11 is 6.42. The molecule has 0 aliphatic carbocycles. The van der Waals surface area contributed by atoms with Crippen molar-refractivity contribution < 1.29 is 13.9 Å². The first-order chi connectivity index (χ1) is 11.2. The number of hydrogen-bond donors (Lipinski definition) is 0. The molecule has 1 aromatic heterocycles. The average Bonchev–Trinajstić information content (AvgIpc) is 3.16. The molecule has 23 heavy (non-hydrogen) atoms. The summed E-state index contributed by atoms with van der Waals surface area (Å²) in [6.07, 6.45) is 4.74. The van der Waals surface area contributed by atoms with Gasteiger partial charge >= 0.3 is 0 Å². The van der Waals surface area contributed by atoms with Crippen molar-refractivity contribution in [2.75, 3.05) is 7.11 Å². The van der Waals surface area contributed by atoms with Gasteiger partial charge in [0.15, 0.2) is 4.32 Å². The van der Waals surface area contributed by atoms with E-state index >= 15 is 0 Å². The van der Waals surface area contributed by atoms with E-state index in [2.05, 4.69) is 5.10 Å². The Morgan fingerprint density at radius 3 is 2.87 bits per heavy atom. The topological polar surface area (TPSA) is 55.0 Å². The van der Waals surface area contributed by atoms with Crippen LogP contribution in [0.3, 0.4) is 0 Å². The molecular formula is C16H12N2O3S2. The highest BCUT2D eigenvalue weighted by atomic mass is 32.2. The van der Waals surface area contributed by atoms with Crippen LogP contribution in [0, 0.1) is 0 Å². The van der Waals surface area contributed by atoms with E-state index < -0.39 is 0 Å². The molecule has 7 heteroatoms. The van der Waals surface area contributed by atoms with Gasteiger partial charge in [-0.05, 0) is 36.5 Å². The van der Waals surface area contributed by atoms with Crippen molar-refractivity contribution in [2.24, 2.45) is 5.10 Å². The zero-order chi connectivity index (χ0) is 16.2. The lowest BCUT2D eigenvalue weighted by Gasteiger charge is -2.06. The van der Waals surface area contributed by atoms with E-state index in [1.54, 1.807) is 25.3 Å². The second kappa shape index (κ2) is 6.80. The summed E-state index contributed by atoms with van der Waals surface area (Å²) in [6, 6.07) is 10.9. The van der Waals surface area contributed by atoms with Crippen molar-refractivity contribution in [1.82, 2.24) is 5.01 Å². The summed E-state index contributed by atoms with van der Waals surface area (Å²) in [7, 11) is 1.59. The van der Waals surface area contributed by atoms with Crippen molar-refractivity contribution in [2.45, 2.75) is 0 Å². The molecule has 1 aliphatic heterocycles. The summed E-state index contributed by atoms with van der Waals surface area (Å²) in [6.45, 7) is 0. The van der Waals surface area contributed by atoms with Crippen molar-refractivity contribution in [1.29, 1.82) is 0 Å². The summed E-state index contributed by atoms with van der Waals surface area (Å²) < 4.78 is 10.8. The van der Waals surface area contributed by atoms with Gasteiger partial charge in [-0.25, -0.2) is 0 Å². The lowest BCUT2D eigenvalue weighted by Crippen LogP contribution is -2.22. The Hall–Kier alpha value is -2.38. The third-order valence-electron chi connectivity index (χ3n) is 3.04. The predicted octanol–water partition coefficient (Wildman–Crippen LogP) is 3.52. The van der Waals surface area contributed by atoms with E-state index in [9.17, 15) is 4.79 Å². The van der Waals surface area contributed by atoms with Crippen LogP contribution in [0.1, 0.15) is 11.3 Å². The molecule has 1 saturated heterocycles. The van der Waals surface area contributed by atoms with Crippen LogP contribution in [-0.4, -0.2) is 28.6 Å².